The molecule has 2 aromatic carbocycles. The molecule has 2 N–H and O–H groups in total. The average molecular weight is 411 g/mol. The van der Waals surface area contributed by atoms with E-state index in [9.17, 15) is 4.79 Å². The molecule has 0 saturated heterocycles. The number of para-hydroxylation sites is 4. The molecule has 5 rings (SSSR count). The Balaban J connectivity index is 1.65. The Labute approximate surface area is 179 Å². The first-order chi connectivity index (χ1) is 15.2. The second-order valence-electron chi connectivity index (χ2n) is 7.30. The standard InChI is InChI=1S/C24H21N5O2/c1-15-21(23(30)27-18-8-4-6-10-20(18)31-2)22(16-11-13-25-14-12-16)29-19-9-5-3-7-17(19)28-24(29)26-15/h3-14,22H,1-2H3,(H,26,28)(H,27,30)/t22-/m0/s1. The lowest BCUT2D eigenvalue weighted by molar-refractivity contribution is -0.113. The number of carbonyl (C=O) groups excluding carboxylic acids is 1. The van der Waals surface area contributed by atoms with Gasteiger partial charge in [-0.05, 0) is 48.9 Å². The van der Waals surface area contributed by atoms with Gasteiger partial charge in [0.15, 0.2) is 0 Å². The van der Waals surface area contributed by atoms with Gasteiger partial charge in [-0.25, -0.2) is 4.98 Å². The minimum atomic E-state index is -0.360. The predicted octanol–water partition coefficient (Wildman–Crippen LogP) is 4.37. The third kappa shape index (κ3) is 3.20. The van der Waals surface area contributed by atoms with E-state index >= 15 is 0 Å². The van der Waals surface area contributed by atoms with Crippen LogP contribution in [0.3, 0.4) is 0 Å². The van der Waals surface area contributed by atoms with Crippen LogP contribution in [0.5, 0.6) is 5.75 Å². The molecule has 7 heteroatoms. The number of pyridine rings is 1. The number of nitrogens with one attached hydrogen (secondary N) is 2. The minimum absolute atomic E-state index is 0.209. The number of amides is 1. The highest BCUT2D eigenvalue weighted by Crippen LogP contribution is 2.39. The van der Waals surface area contributed by atoms with Crippen LogP contribution in [0.15, 0.2) is 84.3 Å². The third-order valence-corrected chi connectivity index (χ3v) is 5.45. The number of fused-ring (bicyclic) bond motifs is 3. The van der Waals surface area contributed by atoms with Gasteiger partial charge < -0.3 is 15.4 Å². The summed E-state index contributed by atoms with van der Waals surface area (Å²) in [5.41, 5.74) is 4.73. The Hall–Kier alpha value is -4.13. The maximum absolute atomic E-state index is 13.6. The van der Waals surface area contributed by atoms with Crippen LogP contribution in [0.2, 0.25) is 0 Å². The first kappa shape index (κ1) is 18.9. The number of allylic oxidation sites excluding steroid dienone is 1. The molecule has 3 heterocycles. The number of rotatable bonds is 4. The van der Waals surface area contributed by atoms with Crippen molar-refractivity contribution in [1.29, 1.82) is 0 Å². The van der Waals surface area contributed by atoms with Gasteiger partial charge in [-0.15, -0.1) is 0 Å². The predicted molar refractivity (Wildman–Crippen MR) is 120 cm³/mol. The van der Waals surface area contributed by atoms with E-state index in [2.05, 4.69) is 20.2 Å². The van der Waals surface area contributed by atoms with Crippen molar-refractivity contribution in [3.63, 3.8) is 0 Å². The normalized spacial score (nSPS) is 15.4. The molecule has 0 unspecified atom stereocenters. The van der Waals surface area contributed by atoms with Crippen molar-refractivity contribution in [2.75, 3.05) is 17.7 Å². The molecular weight excluding hydrogens is 390 g/mol. The highest BCUT2D eigenvalue weighted by Gasteiger charge is 2.34. The maximum atomic E-state index is 13.6. The zero-order valence-corrected chi connectivity index (χ0v) is 17.2. The van der Waals surface area contributed by atoms with Crippen molar-refractivity contribution < 1.29 is 9.53 Å². The van der Waals surface area contributed by atoms with E-state index in [-0.39, 0.29) is 11.9 Å². The summed E-state index contributed by atoms with van der Waals surface area (Å²) in [5, 5.41) is 6.34. The summed E-state index contributed by atoms with van der Waals surface area (Å²) in [4.78, 5) is 22.5. The molecule has 0 spiro atoms. The monoisotopic (exact) mass is 411 g/mol. The molecule has 2 aromatic heterocycles. The lowest BCUT2D eigenvalue weighted by atomic mass is 9.95. The zero-order valence-electron chi connectivity index (χ0n) is 17.2. The number of imidazole rings is 1. The average Bonchev–Trinajstić information content (AvgIpc) is 3.16. The molecule has 4 aromatic rings. The number of methoxy groups -OCH3 is 1. The van der Waals surface area contributed by atoms with E-state index in [1.165, 1.54) is 0 Å². The maximum Gasteiger partial charge on any atom is 0.255 e. The molecule has 1 amide bonds. The summed E-state index contributed by atoms with van der Waals surface area (Å²) >= 11 is 0. The number of benzene rings is 2. The second-order valence-corrected chi connectivity index (χ2v) is 7.30. The Morgan fingerprint density at radius 2 is 1.81 bits per heavy atom. The van der Waals surface area contributed by atoms with Gasteiger partial charge in [0.1, 0.15) is 5.75 Å². The van der Waals surface area contributed by atoms with Gasteiger partial charge in [-0.1, -0.05) is 24.3 Å². The number of anilines is 2. The SMILES string of the molecule is COc1ccccc1NC(=O)C1=C(C)Nc2nc3ccccc3n2[C@H]1c1ccncc1. The first-order valence-corrected chi connectivity index (χ1v) is 9.96. The molecule has 0 bridgehead atoms. The third-order valence-electron chi connectivity index (χ3n) is 5.45. The highest BCUT2D eigenvalue weighted by molar-refractivity contribution is 6.07. The van der Waals surface area contributed by atoms with Crippen LogP contribution in [0.1, 0.15) is 18.5 Å². The molecule has 1 aliphatic rings. The van der Waals surface area contributed by atoms with Gasteiger partial charge >= 0.3 is 0 Å². The molecule has 1 aliphatic heterocycles. The van der Waals surface area contributed by atoms with Crippen LogP contribution in [-0.4, -0.2) is 27.6 Å². The highest BCUT2D eigenvalue weighted by atomic mass is 16.5. The Morgan fingerprint density at radius 3 is 2.61 bits per heavy atom. The van der Waals surface area contributed by atoms with Gasteiger partial charge in [0.25, 0.3) is 5.91 Å². The quantitative estimate of drug-likeness (QED) is 0.521. The lowest BCUT2D eigenvalue weighted by Crippen LogP contribution is -2.31. The van der Waals surface area contributed by atoms with Gasteiger partial charge in [0.05, 0.1) is 35.4 Å². The zero-order chi connectivity index (χ0) is 21.4. The van der Waals surface area contributed by atoms with Crippen molar-refractivity contribution in [2.45, 2.75) is 13.0 Å². The second kappa shape index (κ2) is 7.60. The van der Waals surface area contributed by atoms with E-state index in [1.807, 2.05) is 67.6 Å². The van der Waals surface area contributed by atoms with Crippen molar-refractivity contribution in [3.8, 4) is 5.75 Å². The fourth-order valence-electron chi connectivity index (χ4n) is 4.06. The van der Waals surface area contributed by atoms with E-state index < -0.39 is 0 Å². The number of ether oxygens (including phenoxy) is 1. The number of aromatic nitrogens is 3. The minimum Gasteiger partial charge on any atom is -0.495 e. The van der Waals surface area contributed by atoms with E-state index in [4.69, 9.17) is 9.72 Å². The van der Waals surface area contributed by atoms with Gasteiger partial charge in [0.2, 0.25) is 5.95 Å². The van der Waals surface area contributed by atoms with Gasteiger partial charge in [-0.2, -0.15) is 0 Å². The van der Waals surface area contributed by atoms with Crippen LogP contribution >= 0.6 is 0 Å². The van der Waals surface area contributed by atoms with Gasteiger partial charge in [-0.3, -0.25) is 14.3 Å². The van der Waals surface area contributed by atoms with Crippen LogP contribution in [0.25, 0.3) is 11.0 Å². The molecule has 0 aliphatic carbocycles. The summed E-state index contributed by atoms with van der Waals surface area (Å²) in [6, 6.07) is 18.8. The fraction of sp³-hybridized carbons (Fsp3) is 0.125. The summed E-state index contributed by atoms with van der Waals surface area (Å²) in [7, 11) is 1.58. The van der Waals surface area contributed by atoms with Crippen molar-refractivity contribution in [2.24, 2.45) is 0 Å². The number of hydrogen-bond acceptors (Lipinski definition) is 5. The molecular formula is C24H21N5O2. The summed E-state index contributed by atoms with van der Waals surface area (Å²) in [6.45, 7) is 1.90. The molecule has 7 nitrogen and oxygen atoms in total. The topological polar surface area (TPSA) is 81.1 Å². The molecule has 1 atom stereocenters. The van der Waals surface area contributed by atoms with Crippen LogP contribution in [0.4, 0.5) is 11.6 Å². The largest absolute Gasteiger partial charge is 0.495 e. The van der Waals surface area contributed by atoms with Crippen molar-refractivity contribution >= 4 is 28.6 Å². The number of carbonyl (C=O) groups is 1. The lowest BCUT2D eigenvalue weighted by Gasteiger charge is -2.30. The van der Waals surface area contributed by atoms with Gasteiger partial charge in [0, 0.05) is 18.1 Å². The van der Waals surface area contributed by atoms with Crippen molar-refractivity contribution in [3.05, 3.63) is 89.9 Å². The Morgan fingerprint density at radius 1 is 1.06 bits per heavy atom. The smallest absolute Gasteiger partial charge is 0.255 e. The molecule has 0 saturated carbocycles. The molecule has 0 radical (unpaired) electrons. The van der Waals surface area contributed by atoms with Crippen LogP contribution < -0.4 is 15.4 Å². The van der Waals surface area contributed by atoms with Crippen molar-refractivity contribution in [1.82, 2.24) is 14.5 Å². The Kier molecular flexibility index (Phi) is 4.63. The number of hydrogen-bond donors (Lipinski definition) is 2. The first-order valence-electron chi connectivity index (χ1n) is 9.96. The van der Waals surface area contributed by atoms with Crippen LogP contribution in [-0.2, 0) is 4.79 Å². The van der Waals surface area contributed by atoms with E-state index in [0.29, 0.717) is 23.0 Å². The summed E-state index contributed by atoms with van der Waals surface area (Å²) in [5.74, 6) is 1.10. The van der Waals surface area contributed by atoms with E-state index in [1.54, 1.807) is 19.5 Å². The van der Waals surface area contributed by atoms with E-state index in [0.717, 1.165) is 22.3 Å². The summed E-state index contributed by atoms with van der Waals surface area (Å²) < 4.78 is 7.47. The molecule has 0 fully saturated rings. The molecule has 31 heavy (non-hydrogen) atoms. The summed E-state index contributed by atoms with van der Waals surface area (Å²) in [6.07, 6.45) is 3.47. The number of nitrogens with zero attached hydrogens (tertiary/aromatic N) is 3. The fourth-order valence-corrected chi connectivity index (χ4v) is 4.06. The Bertz CT molecular complexity index is 1310. The molecule has 154 valence electrons. The van der Waals surface area contributed by atoms with Crippen LogP contribution in [0, 0.1) is 0 Å².